The van der Waals surface area contributed by atoms with Gasteiger partial charge >= 0.3 is 13.2 Å². The molecule has 0 aliphatic heterocycles. The molecule has 1 aliphatic rings. The SMILES string of the molecule is CC(C)C[C@H](NC(=O)[C@H](CCCN=C(N)N[N+](=O)[O-])NC(=O)CCCNC(=O)OCC1c2ccccc2-c2ccccc21)B(O)O. The summed E-state index contributed by atoms with van der Waals surface area (Å²) in [5.74, 6) is -2.46. The number of alkyl carbamates (subject to hydrolysis) is 1. The molecule has 2 aromatic carbocycles. The third kappa shape index (κ3) is 11.0. The minimum absolute atomic E-state index is 0.0106. The average Bonchev–Trinajstić information content (AvgIpc) is 3.32. The zero-order valence-electron chi connectivity index (χ0n) is 26.0. The van der Waals surface area contributed by atoms with Gasteiger partial charge in [-0.05, 0) is 53.9 Å². The number of hydrogen-bond donors (Lipinski definition) is 7. The van der Waals surface area contributed by atoms with Crippen molar-refractivity contribution in [3.63, 3.8) is 0 Å². The molecule has 46 heavy (non-hydrogen) atoms. The van der Waals surface area contributed by atoms with Crippen LogP contribution in [0.15, 0.2) is 53.5 Å². The summed E-state index contributed by atoms with van der Waals surface area (Å²) in [7, 11) is -1.80. The second kappa shape index (κ2) is 17.7. The van der Waals surface area contributed by atoms with Gasteiger partial charge in [0.2, 0.25) is 11.8 Å². The van der Waals surface area contributed by atoms with Crippen molar-refractivity contribution >= 4 is 31.0 Å². The molecular formula is C30H42BN7O8. The lowest BCUT2D eigenvalue weighted by Gasteiger charge is -2.24. The van der Waals surface area contributed by atoms with E-state index in [0.717, 1.165) is 22.3 Å². The predicted octanol–water partition coefficient (Wildman–Crippen LogP) is 1.21. The summed E-state index contributed by atoms with van der Waals surface area (Å²) in [4.78, 5) is 52.5. The van der Waals surface area contributed by atoms with Crippen molar-refractivity contribution in [3.8, 4) is 11.1 Å². The maximum absolute atomic E-state index is 13.0. The van der Waals surface area contributed by atoms with Crippen molar-refractivity contribution < 1.29 is 34.2 Å². The van der Waals surface area contributed by atoms with E-state index in [1.54, 1.807) is 5.43 Å². The first-order valence-electron chi connectivity index (χ1n) is 15.2. The number of hydrogen-bond acceptors (Lipinski definition) is 9. The quantitative estimate of drug-likeness (QED) is 0.0327. The number of hydrazine groups is 1. The first-order chi connectivity index (χ1) is 22.0. The van der Waals surface area contributed by atoms with E-state index in [1.165, 1.54) is 0 Å². The molecular weight excluding hydrogens is 597 g/mol. The topological polar surface area (TPSA) is 231 Å². The van der Waals surface area contributed by atoms with Gasteiger partial charge < -0.3 is 36.5 Å². The highest BCUT2D eigenvalue weighted by Crippen LogP contribution is 2.44. The van der Waals surface area contributed by atoms with Gasteiger partial charge in [-0.3, -0.25) is 9.59 Å². The van der Waals surface area contributed by atoms with Gasteiger partial charge in [0, 0.05) is 25.4 Å². The molecule has 2 atom stereocenters. The van der Waals surface area contributed by atoms with E-state index in [1.807, 2.05) is 50.2 Å². The Hall–Kier alpha value is -4.70. The number of aliphatic imine (C=N–C) groups is 1. The van der Waals surface area contributed by atoms with E-state index >= 15 is 0 Å². The highest BCUT2D eigenvalue weighted by Gasteiger charge is 2.30. The van der Waals surface area contributed by atoms with Crippen LogP contribution in [0.3, 0.4) is 0 Å². The second-order valence-electron chi connectivity index (χ2n) is 11.4. The zero-order valence-corrected chi connectivity index (χ0v) is 26.0. The normalized spacial score (nSPS) is 13.6. The molecule has 0 unspecified atom stereocenters. The van der Waals surface area contributed by atoms with Gasteiger partial charge in [-0.1, -0.05) is 67.8 Å². The van der Waals surface area contributed by atoms with Crippen LogP contribution in [0.4, 0.5) is 4.79 Å². The number of amides is 3. The van der Waals surface area contributed by atoms with E-state index in [-0.39, 0.29) is 57.2 Å². The number of nitrogens with one attached hydrogen (secondary N) is 4. The van der Waals surface area contributed by atoms with Gasteiger partial charge in [-0.25, -0.2) is 19.9 Å². The minimum atomic E-state index is -1.80. The fraction of sp³-hybridized carbons (Fsp3) is 0.467. The molecule has 8 N–H and O–H groups in total. The molecule has 3 amide bonds. The van der Waals surface area contributed by atoms with Gasteiger partial charge in [0.1, 0.15) is 12.6 Å². The van der Waals surface area contributed by atoms with E-state index in [2.05, 4.69) is 33.1 Å². The molecule has 0 saturated carbocycles. The van der Waals surface area contributed by atoms with Gasteiger partial charge in [0.25, 0.3) is 5.96 Å². The van der Waals surface area contributed by atoms with Crippen molar-refractivity contribution in [2.75, 3.05) is 19.7 Å². The summed E-state index contributed by atoms with van der Waals surface area (Å²) >= 11 is 0. The Morgan fingerprint density at radius 2 is 1.67 bits per heavy atom. The Labute approximate surface area is 267 Å². The Balaban J connectivity index is 1.47. The third-order valence-corrected chi connectivity index (χ3v) is 7.40. The Morgan fingerprint density at radius 1 is 1.04 bits per heavy atom. The third-order valence-electron chi connectivity index (χ3n) is 7.40. The standard InChI is InChI=1S/C30H42BN7O8/c1-19(2)17-26(31(42)43)36-28(40)25(13-7-15-33-29(32)37-38(44)45)35-27(39)14-8-16-34-30(41)46-18-24-22-11-5-3-9-20(22)21-10-4-6-12-23(21)24/h3-6,9-12,19,24-26,42-43H,7-8,13-18H2,1-2H3,(H,34,41)(H,35,39)(H,36,40)(H3,32,33,37)/t25-,26-/m0/s1. The summed E-state index contributed by atoms with van der Waals surface area (Å²) < 4.78 is 5.51. The minimum Gasteiger partial charge on any atom is -0.449 e. The summed E-state index contributed by atoms with van der Waals surface area (Å²) in [5.41, 5.74) is 11.6. The first kappa shape index (κ1) is 35.8. The number of carbonyl (C=O) groups is 3. The van der Waals surface area contributed by atoms with Crippen LogP contribution in [0.2, 0.25) is 0 Å². The number of nitrogens with two attached hydrogens (primary N) is 1. The summed E-state index contributed by atoms with van der Waals surface area (Å²) in [6.07, 6.45) is 0.273. The summed E-state index contributed by atoms with van der Waals surface area (Å²) in [6.45, 7) is 4.08. The van der Waals surface area contributed by atoms with Crippen LogP contribution < -0.4 is 27.1 Å². The molecule has 0 spiro atoms. The maximum atomic E-state index is 13.0. The molecule has 0 fully saturated rings. The van der Waals surface area contributed by atoms with Gasteiger partial charge in [-0.15, -0.1) is 0 Å². The van der Waals surface area contributed by atoms with Gasteiger partial charge in [0.15, 0.2) is 5.03 Å². The van der Waals surface area contributed by atoms with Crippen molar-refractivity contribution in [2.45, 2.75) is 63.9 Å². The Kier molecular flexibility index (Phi) is 13.8. The van der Waals surface area contributed by atoms with Crippen LogP contribution in [0, 0.1) is 16.0 Å². The van der Waals surface area contributed by atoms with Crippen LogP contribution in [0.1, 0.15) is 63.0 Å². The molecule has 0 saturated heterocycles. The largest absolute Gasteiger partial charge is 0.475 e. The number of guanidine groups is 1. The molecule has 0 radical (unpaired) electrons. The number of nitrogens with zero attached hydrogens (tertiary/aromatic N) is 2. The summed E-state index contributed by atoms with van der Waals surface area (Å²) in [6, 6.07) is 15.0. The second-order valence-corrected chi connectivity index (χ2v) is 11.4. The number of nitro groups is 1. The molecule has 0 aromatic heterocycles. The molecule has 1 aliphatic carbocycles. The molecule has 3 rings (SSSR count). The monoisotopic (exact) mass is 639 g/mol. The molecule has 0 bridgehead atoms. The first-order valence-corrected chi connectivity index (χ1v) is 15.2. The van der Waals surface area contributed by atoms with E-state index in [9.17, 15) is 34.5 Å². The van der Waals surface area contributed by atoms with Crippen LogP contribution in [0.25, 0.3) is 11.1 Å². The van der Waals surface area contributed by atoms with Crippen molar-refractivity contribution in [1.29, 1.82) is 0 Å². The smallest absolute Gasteiger partial charge is 0.449 e. The van der Waals surface area contributed by atoms with Crippen LogP contribution in [-0.4, -0.2) is 77.7 Å². The zero-order chi connectivity index (χ0) is 33.6. The lowest BCUT2D eigenvalue weighted by molar-refractivity contribution is -0.525. The van der Waals surface area contributed by atoms with Crippen molar-refractivity contribution in [2.24, 2.45) is 16.6 Å². The Morgan fingerprint density at radius 3 is 2.26 bits per heavy atom. The van der Waals surface area contributed by atoms with E-state index in [0.29, 0.717) is 6.42 Å². The number of ether oxygens (including phenoxy) is 1. The van der Waals surface area contributed by atoms with Crippen LogP contribution in [0.5, 0.6) is 0 Å². The van der Waals surface area contributed by atoms with Crippen molar-refractivity contribution in [1.82, 2.24) is 21.4 Å². The molecule has 15 nitrogen and oxygen atoms in total. The average molecular weight is 640 g/mol. The van der Waals surface area contributed by atoms with Crippen molar-refractivity contribution in [3.05, 3.63) is 69.8 Å². The van der Waals surface area contributed by atoms with E-state index in [4.69, 9.17) is 10.5 Å². The number of benzene rings is 2. The molecule has 16 heteroatoms. The lowest BCUT2D eigenvalue weighted by atomic mass is 9.75. The molecule has 0 heterocycles. The molecule has 248 valence electrons. The van der Waals surface area contributed by atoms with Gasteiger partial charge in [-0.2, -0.15) is 0 Å². The summed E-state index contributed by atoms with van der Waals surface area (Å²) in [5, 5.41) is 36.9. The maximum Gasteiger partial charge on any atom is 0.475 e. The Bertz CT molecular complexity index is 1350. The van der Waals surface area contributed by atoms with Gasteiger partial charge in [0.05, 0.1) is 5.94 Å². The fourth-order valence-corrected chi connectivity index (χ4v) is 5.29. The lowest BCUT2D eigenvalue weighted by Crippen LogP contribution is -2.54. The fourth-order valence-electron chi connectivity index (χ4n) is 5.29. The highest BCUT2D eigenvalue weighted by atomic mass is 16.7. The number of rotatable bonds is 17. The van der Waals surface area contributed by atoms with E-state index < -0.39 is 48.0 Å². The number of carbonyl (C=O) groups excluding carboxylic acids is 3. The highest BCUT2D eigenvalue weighted by molar-refractivity contribution is 6.43. The number of fused-ring (bicyclic) bond motifs is 3. The van der Waals surface area contributed by atoms with Crippen LogP contribution in [-0.2, 0) is 14.3 Å². The predicted molar refractivity (Wildman–Crippen MR) is 172 cm³/mol. The van der Waals surface area contributed by atoms with Crippen LogP contribution >= 0.6 is 0 Å². The molecule has 2 aromatic rings.